The number of rotatable bonds is 8. The third-order valence-corrected chi connectivity index (χ3v) is 2.31. The summed E-state index contributed by atoms with van der Waals surface area (Å²) in [5.41, 5.74) is 1.22. The SMILES string of the molecule is O=C(O)CCCCNCCc1cccnc1. The van der Waals surface area contributed by atoms with Crippen molar-refractivity contribution in [3.63, 3.8) is 0 Å². The minimum Gasteiger partial charge on any atom is -0.481 e. The first-order valence-electron chi connectivity index (χ1n) is 5.60. The van der Waals surface area contributed by atoms with Gasteiger partial charge in [0.25, 0.3) is 0 Å². The van der Waals surface area contributed by atoms with Gasteiger partial charge in [-0.25, -0.2) is 0 Å². The summed E-state index contributed by atoms with van der Waals surface area (Å²) in [6.07, 6.45) is 6.53. The first-order chi connectivity index (χ1) is 7.79. The van der Waals surface area contributed by atoms with Gasteiger partial charge in [-0.1, -0.05) is 6.07 Å². The van der Waals surface area contributed by atoms with Gasteiger partial charge in [-0.15, -0.1) is 0 Å². The highest BCUT2D eigenvalue weighted by atomic mass is 16.4. The highest BCUT2D eigenvalue weighted by Crippen LogP contribution is 1.96. The van der Waals surface area contributed by atoms with Gasteiger partial charge in [0.05, 0.1) is 0 Å². The molecule has 4 heteroatoms. The molecule has 0 saturated carbocycles. The molecule has 0 aromatic carbocycles. The Morgan fingerprint density at radius 1 is 1.38 bits per heavy atom. The van der Waals surface area contributed by atoms with E-state index in [1.807, 2.05) is 12.3 Å². The molecule has 0 aliphatic rings. The van der Waals surface area contributed by atoms with Gasteiger partial charge in [0.1, 0.15) is 0 Å². The van der Waals surface area contributed by atoms with Crippen molar-refractivity contribution < 1.29 is 9.90 Å². The Bertz CT molecular complexity index is 301. The lowest BCUT2D eigenvalue weighted by molar-refractivity contribution is -0.137. The zero-order valence-electron chi connectivity index (χ0n) is 9.35. The second-order valence-corrected chi connectivity index (χ2v) is 3.71. The van der Waals surface area contributed by atoms with Crippen molar-refractivity contribution in [3.8, 4) is 0 Å². The fraction of sp³-hybridized carbons (Fsp3) is 0.500. The zero-order valence-corrected chi connectivity index (χ0v) is 9.35. The minimum atomic E-state index is -0.713. The van der Waals surface area contributed by atoms with Gasteiger partial charge in [-0.05, 0) is 44.0 Å². The molecule has 0 unspecified atom stereocenters. The Morgan fingerprint density at radius 2 is 2.25 bits per heavy atom. The van der Waals surface area contributed by atoms with Gasteiger partial charge in [0.15, 0.2) is 0 Å². The predicted octanol–water partition coefficient (Wildman–Crippen LogP) is 1.47. The molecule has 4 nitrogen and oxygen atoms in total. The second-order valence-electron chi connectivity index (χ2n) is 3.71. The maximum absolute atomic E-state index is 10.2. The van der Waals surface area contributed by atoms with Crippen molar-refractivity contribution >= 4 is 5.97 Å². The first-order valence-corrected chi connectivity index (χ1v) is 5.60. The molecule has 0 spiro atoms. The molecular weight excluding hydrogens is 204 g/mol. The molecule has 0 bridgehead atoms. The predicted molar refractivity (Wildman–Crippen MR) is 62.3 cm³/mol. The number of hydrogen-bond donors (Lipinski definition) is 2. The number of carbonyl (C=O) groups is 1. The van der Waals surface area contributed by atoms with Crippen LogP contribution in [0.2, 0.25) is 0 Å². The third-order valence-electron chi connectivity index (χ3n) is 2.31. The lowest BCUT2D eigenvalue weighted by Crippen LogP contribution is -2.18. The van der Waals surface area contributed by atoms with Crippen molar-refractivity contribution in [1.82, 2.24) is 10.3 Å². The van der Waals surface area contributed by atoms with Crippen LogP contribution in [0, 0.1) is 0 Å². The molecule has 1 aromatic heterocycles. The van der Waals surface area contributed by atoms with Crippen LogP contribution in [0.4, 0.5) is 0 Å². The standard InChI is InChI=1S/C12H18N2O2/c15-12(16)5-1-2-7-13-9-6-11-4-3-8-14-10-11/h3-4,8,10,13H,1-2,5-7,9H2,(H,15,16). The fourth-order valence-electron chi connectivity index (χ4n) is 1.43. The summed E-state index contributed by atoms with van der Waals surface area (Å²) in [5, 5.41) is 11.7. The van der Waals surface area contributed by atoms with Crippen LogP contribution in [-0.4, -0.2) is 29.1 Å². The van der Waals surface area contributed by atoms with Crippen LogP contribution in [0.5, 0.6) is 0 Å². The van der Waals surface area contributed by atoms with E-state index in [2.05, 4.69) is 16.4 Å². The molecule has 0 radical (unpaired) electrons. The molecule has 0 atom stereocenters. The van der Waals surface area contributed by atoms with Crippen LogP contribution in [0.15, 0.2) is 24.5 Å². The van der Waals surface area contributed by atoms with Crippen molar-refractivity contribution in [2.45, 2.75) is 25.7 Å². The lowest BCUT2D eigenvalue weighted by Gasteiger charge is -2.03. The number of hydrogen-bond acceptors (Lipinski definition) is 3. The molecule has 1 heterocycles. The topological polar surface area (TPSA) is 62.2 Å². The van der Waals surface area contributed by atoms with Gasteiger partial charge in [0.2, 0.25) is 0 Å². The van der Waals surface area contributed by atoms with Crippen LogP contribution < -0.4 is 5.32 Å². The van der Waals surface area contributed by atoms with Crippen LogP contribution >= 0.6 is 0 Å². The van der Waals surface area contributed by atoms with E-state index in [-0.39, 0.29) is 6.42 Å². The Kier molecular flexibility index (Phi) is 6.18. The van der Waals surface area contributed by atoms with E-state index in [4.69, 9.17) is 5.11 Å². The molecule has 0 fully saturated rings. The van der Waals surface area contributed by atoms with Gasteiger partial charge in [-0.3, -0.25) is 9.78 Å². The molecule has 0 aliphatic heterocycles. The molecule has 1 aromatic rings. The first kappa shape index (κ1) is 12.6. The second kappa shape index (κ2) is 7.82. The summed E-state index contributed by atoms with van der Waals surface area (Å²) >= 11 is 0. The summed E-state index contributed by atoms with van der Waals surface area (Å²) in [6.45, 7) is 1.80. The number of carboxylic acids is 1. The number of aliphatic carboxylic acids is 1. The molecule has 88 valence electrons. The fourth-order valence-corrected chi connectivity index (χ4v) is 1.43. The molecule has 16 heavy (non-hydrogen) atoms. The summed E-state index contributed by atoms with van der Waals surface area (Å²) < 4.78 is 0. The van der Waals surface area contributed by atoms with Crippen LogP contribution in [0.3, 0.4) is 0 Å². The third kappa shape index (κ3) is 6.14. The zero-order chi connectivity index (χ0) is 11.6. The molecular formula is C12H18N2O2. The Balaban J connectivity index is 1.94. The van der Waals surface area contributed by atoms with E-state index in [1.165, 1.54) is 5.56 Å². The average Bonchev–Trinajstić information content (AvgIpc) is 2.29. The molecule has 0 saturated heterocycles. The Morgan fingerprint density at radius 3 is 2.94 bits per heavy atom. The van der Waals surface area contributed by atoms with E-state index in [1.54, 1.807) is 6.20 Å². The highest BCUT2D eigenvalue weighted by Gasteiger charge is 1.96. The number of pyridine rings is 1. The minimum absolute atomic E-state index is 0.268. The average molecular weight is 222 g/mol. The molecule has 2 N–H and O–H groups in total. The maximum atomic E-state index is 10.2. The Hall–Kier alpha value is -1.42. The summed E-state index contributed by atoms with van der Waals surface area (Å²) in [5.74, 6) is -0.713. The van der Waals surface area contributed by atoms with Gasteiger partial charge < -0.3 is 10.4 Å². The van der Waals surface area contributed by atoms with Gasteiger partial charge in [-0.2, -0.15) is 0 Å². The number of nitrogens with one attached hydrogen (secondary N) is 1. The van der Waals surface area contributed by atoms with E-state index < -0.39 is 5.97 Å². The van der Waals surface area contributed by atoms with Gasteiger partial charge in [0, 0.05) is 18.8 Å². The molecule has 1 rings (SSSR count). The maximum Gasteiger partial charge on any atom is 0.303 e. The number of carboxylic acid groups (broad SMARTS) is 1. The summed E-state index contributed by atoms with van der Waals surface area (Å²) in [6, 6.07) is 3.99. The quantitative estimate of drug-likeness (QED) is 0.654. The number of aromatic nitrogens is 1. The number of unbranched alkanes of at least 4 members (excludes halogenated alkanes) is 1. The van der Waals surface area contributed by atoms with E-state index in [0.717, 1.165) is 32.4 Å². The van der Waals surface area contributed by atoms with Crippen LogP contribution in [0.25, 0.3) is 0 Å². The van der Waals surface area contributed by atoms with Gasteiger partial charge >= 0.3 is 5.97 Å². The lowest BCUT2D eigenvalue weighted by atomic mass is 10.2. The van der Waals surface area contributed by atoms with Crippen molar-refractivity contribution in [3.05, 3.63) is 30.1 Å². The highest BCUT2D eigenvalue weighted by molar-refractivity contribution is 5.66. The largest absolute Gasteiger partial charge is 0.481 e. The Labute approximate surface area is 95.7 Å². The normalized spacial score (nSPS) is 10.2. The molecule has 0 amide bonds. The van der Waals surface area contributed by atoms with Crippen molar-refractivity contribution in [2.24, 2.45) is 0 Å². The van der Waals surface area contributed by atoms with Crippen molar-refractivity contribution in [2.75, 3.05) is 13.1 Å². The van der Waals surface area contributed by atoms with E-state index >= 15 is 0 Å². The van der Waals surface area contributed by atoms with Crippen LogP contribution in [-0.2, 0) is 11.2 Å². The number of nitrogens with zero attached hydrogens (tertiary/aromatic N) is 1. The molecule has 0 aliphatic carbocycles. The summed E-state index contributed by atoms with van der Waals surface area (Å²) in [4.78, 5) is 14.3. The van der Waals surface area contributed by atoms with E-state index in [0.29, 0.717) is 0 Å². The summed E-state index contributed by atoms with van der Waals surface area (Å²) in [7, 11) is 0. The smallest absolute Gasteiger partial charge is 0.303 e. The van der Waals surface area contributed by atoms with E-state index in [9.17, 15) is 4.79 Å². The monoisotopic (exact) mass is 222 g/mol. The van der Waals surface area contributed by atoms with Crippen LogP contribution in [0.1, 0.15) is 24.8 Å². The van der Waals surface area contributed by atoms with Crippen molar-refractivity contribution in [1.29, 1.82) is 0 Å².